The van der Waals surface area contributed by atoms with Gasteiger partial charge in [0, 0.05) is 42.6 Å². The van der Waals surface area contributed by atoms with Gasteiger partial charge in [-0.1, -0.05) is 23.7 Å². The molecule has 1 fully saturated rings. The van der Waals surface area contributed by atoms with Crippen LogP contribution in [0.5, 0.6) is 0 Å². The molecule has 0 spiro atoms. The molecule has 0 bridgehead atoms. The van der Waals surface area contributed by atoms with E-state index in [1.807, 2.05) is 22.9 Å². The molecular weight excluding hydrogens is 398 g/mol. The van der Waals surface area contributed by atoms with E-state index in [1.165, 1.54) is 12.1 Å². The molecule has 0 unspecified atom stereocenters. The van der Waals surface area contributed by atoms with Crippen molar-refractivity contribution in [1.82, 2.24) is 14.5 Å². The largest absolute Gasteiger partial charge is 0.336 e. The van der Waals surface area contributed by atoms with Crippen molar-refractivity contribution in [1.29, 1.82) is 0 Å². The second-order valence-electron chi connectivity index (χ2n) is 6.76. The average Bonchev–Trinajstić information content (AvgIpc) is 3.14. The van der Waals surface area contributed by atoms with E-state index in [4.69, 9.17) is 11.6 Å². The number of carbonyl (C=O) groups is 1. The van der Waals surface area contributed by atoms with Crippen LogP contribution in [0, 0.1) is 0 Å². The standard InChI is InChI=1S/C20H18ClN3O3S/c21-17-5-7-18(8-6-17)28(26,27)19-12-24(13-19)20(25)16-3-1-15(2-4-16)11-23-10-9-22-14-23/h1-10,14,19H,11-13H2. The van der Waals surface area contributed by atoms with Crippen LogP contribution in [-0.2, 0) is 16.4 Å². The van der Waals surface area contributed by atoms with E-state index >= 15 is 0 Å². The number of rotatable bonds is 5. The molecule has 4 rings (SSSR count). The smallest absolute Gasteiger partial charge is 0.253 e. The van der Waals surface area contributed by atoms with E-state index in [0.717, 1.165) is 5.56 Å². The third-order valence-electron chi connectivity index (χ3n) is 4.84. The maximum Gasteiger partial charge on any atom is 0.253 e. The average molecular weight is 416 g/mol. The number of carbonyl (C=O) groups excluding carboxylic acids is 1. The summed E-state index contributed by atoms with van der Waals surface area (Å²) in [4.78, 5) is 18.4. The van der Waals surface area contributed by atoms with Gasteiger partial charge in [-0.05, 0) is 42.0 Å². The molecule has 1 amide bonds. The van der Waals surface area contributed by atoms with Gasteiger partial charge < -0.3 is 9.47 Å². The summed E-state index contributed by atoms with van der Waals surface area (Å²) < 4.78 is 27.2. The highest BCUT2D eigenvalue weighted by molar-refractivity contribution is 7.92. The number of aromatic nitrogens is 2. The normalized spacial score (nSPS) is 14.7. The van der Waals surface area contributed by atoms with Crippen molar-refractivity contribution in [3.05, 3.63) is 83.4 Å². The summed E-state index contributed by atoms with van der Waals surface area (Å²) in [6.45, 7) is 1.07. The summed E-state index contributed by atoms with van der Waals surface area (Å²) in [5.74, 6) is -0.156. The van der Waals surface area contributed by atoms with Gasteiger partial charge in [0.2, 0.25) is 0 Å². The summed E-state index contributed by atoms with van der Waals surface area (Å²) in [5.41, 5.74) is 1.61. The third kappa shape index (κ3) is 3.68. The summed E-state index contributed by atoms with van der Waals surface area (Å²) in [6.07, 6.45) is 5.33. The van der Waals surface area contributed by atoms with Crippen LogP contribution < -0.4 is 0 Å². The van der Waals surface area contributed by atoms with Crippen LogP contribution in [0.3, 0.4) is 0 Å². The van der Waals surface area contributed by atoms with Gasteiger partial charge in [-0.15, -0.1) is 0 Å². The minimum absolute atomic E-state index is 0.156. The number of benzene rings is 2. The van der Waals surface area contributed by atoms with Gasteiger partial charge in [-0.25, -0.2) is 13.4 Å². The maximum absolute atomic E-state index is 12.6. The van der Waals surface area contributed by atoms with Gasteiger partial charge in [0.05, 0.1) is 11.2 Å². The van der Waals surface area contributed by atoms with Crippen LogP contribution in [0.1, 0.15) is 15.9 Å². The topological polar surface area (TPSA) is 72.3 Å². The molecule has 144 valence electrons. The minimum Gasteiger partial charge on any atom is -0.336 e. The summed E-state index contributed by atoms with van der Waals surface area (Å²) in [6, 6.07) is 13.5. The fourth-order valence-electron chi connectivity index (χ4n) is 3.14. The van der Waals surface area contributed by atoms with Crippen molar-refractivity contribution in [2.45, 2.75) is 16.7 Å². The number of hydrogen-bond acceptors (Lipinski definition) is 4. The van der Waals surface area contributed by atoms with Crippen LogP contribution in [0.4, 0.5) is 0 Å². The molecule has 1 aliphatic heterocycles. The Hall–Kier alpha value is -2.64. The number of nitrogens with zero attached hydrogens (tertiary/aromatic N) is 3. The number of imidazole rings is 1. The molecule has 2 heterocycles. The van der Waals surface area contributed by atoms with E-state index in [2.05, 4.69) is 4.98 Å². The van der Waals surface area contributed by atoms with Gasteiger partial charge in [0.1, 0.15) is 5.25 Å². The summed E-state index contributed by atoms with van der Waals surface area (Å²) in [7, 11) is -3.46. The quantitative estimate of drug-likeness (QED) is 0.642. The molecular formula is C20H18ClN3O3S. The number of likely N-dealkylation sites (tertiary alicyclic amines) is 1. The second-order valence-corrected chi connectivity index (χ2v) is 9.43. The van der Waals surface area contributed by atoms with E-state index < -0.39 is 15.1 Å². The highest BCUT2D eigenvalue weighted by Gasteiger charge is 2.40. The predicted octanol–water partition coefficient (Wildman–Crippen LogP) is 2.88. The van der Waals surface area contributed by atoms with Crippen LogP contribution in [0.25, 0.3) is 0 Å². The first-order chi connectivity index (χ1) is 13.4. The minimum atomic E-state index is -3.46. The zero-order valence-corrected chi connectivity index (χ0v) is 16.5. The monoisotopic (exact) mass is 415 g/mol. The second kappa shape index (κ2) is 7.41. The Morgan fingerprint density at radius 2 is 1.75 bits per heavy atom. The Balaban J connectivity index is 1.39. The Morgan fingerprint density at radius 1 is 1.07 bits per heavy atom. The fourth-order valence-corrected chi connectivity index (χ4v) is 4.92. The molecule has 0 saturated carbocycles. The van der Waals surface area contributed by atoms with Crippen molar-refractivity contribution in [2.75, 3.05) is 13.1 Å². The number of sulfone groups is 1. The van der Waals surface area contributed by atoms with E-state index in [0.29, 0.717) is 17.1 Å². The lowest BCUT2D eigenvalue weighted by Gasteiger charge is -2.38. The predicted molar refractivity (Wildman–Crippen MR) is 106 cm³/mol. The molecule has 8 heteroatoms. The van der Waals surface area contributed by atoms with E-state index in [9.17, 15) is 13.2 Å². The molecule has 0 N–H and O–H groups in total. The third-order valence-corrected chi connectivity index (χ3v) is 7.20. The molecule has 2 aromatic carbocycles. The Labute approximate surface area is 168 Å². The first-order valence-electron chi connectivity index (χ1n) is 8.77. The van der Waals surface area contributed by atoms with Gasteiger partial charge in [0.25, 0.3) is 5.91 Å². The van der Waals surface area contributed by atoms with Crippen LogP contribution in [0.2, 0.25) is 5.02 Å². The van der Waals surface area contributed by atoms with Gasteiger partial charge in [0.15, 0.2) is 9.84 Å². The lowest BCUT2D eigenvalue weighted by molar-refractivity contribution is 0.0659. The van der Waals surface area contributed by atoms with Crippen LogP contribution >= 0.6 is 11.6 Å². The summed E-state index contributed by atoms with van der Waals surface area (Å²) in [5, 5.41) is -0.0982. The molecule has 1 aromatic heterocycles. The molecule has 28 heavy (non-hydrogen) atoms. The van der Waals surface area contributed by atoms with Crippen molar-refractivity contribution < 1.29 is 13.2 Å². The van der Waals surface area contributed by atoms with Gasteiger partial charge in [-0.3, -0.25) is 4.79 Å². The molecule has 0 radical (unpaired) electrons. The molecule has 0 aliphatic carbocycles. The number of hydrogen-bond donors (Lipinski definition) is 0. The number of halogens is 1. The van der Waals surface area contributed by atoms with E-state index in [1.54, 1.807) is 41.7 Å². The highest BCUT2D eigenvalue weighted by atomic mass is 35.5. The fraction of sp³-hybridized carbons (Fsp3) is 0.200. The summed E-state index contributed by atoms with van der Waals surface area (Å²) >= 11 is 5.82. The Morgan fingerprint density at radius 3 is 2.36 bits per heavy atom. The van der Waals surface area contributed by atoms with Crippen molar-refractivity contribution in [2.24, 2.45) is 0 Å². The Kier molecular flexibility index (Phi) is 4.95. The molecule has 1 saturated heterocycles. The lowest BCUT2D eigenvalue weighted by Crippen LogP contribution is -2.56. The molecule has 3 aromatic rings. The first kappa shape index (κ1) is 18.7. The van der Waals surface area contributed by atoms with Crippen molar-refractivity contribution in [3.63, 3.8) is 0 Å². The highest BCUT2D eigenvalue weighted by Crippen LogP contribution is 2.26. The van der Waals surface area contributed by atoms with Crippen molar-refractivity contribution in [3.8, 4) is 0 Å². The first-order valence-corrected chi connectivity index (χ1v) is 10.7. The Bertz CT molecular complexity index is 1070. The maximum atomic E-state index is 12.6. The molecule has 1 aliphatic rings. The zero-order chi connectivity index (χ0) is 19.7. The van der Waals surface area contributed by atoms with Gasteiger partial charge in [-0.2, -0.15) is 0 Å². The van der Waals surface area contributed by atoms with Gasteiger partial charge >= 0.3 is 0 Å². The lowest BCUT2D eigenvalue weighted by atomic mass is 10.1. The van der Waals surface area contributed by atoms with Crippen molar-refractivity contribution >= 4 is 27.3 Å². The van der Waals surface area contributed by atoms with Crippen LogP contribution in [0.15, 0.2) is 72.1 Å². The van der Waals surface area contributed by atoms with Crippen LogP contribution in [-0.4, -0.2) is 47.1 Å². The number of amides is 1. The van der Waals surface area contributed by atoms with E-state index in [-0.39, 0.29) is 23.9 Å². The SMILES string of the molecule is O=C(c1ccc(Cn2ccnc2)cc1)N1CC(S(=O)(=O)c2ccc(Cl)cc2)C1. The molecule has 0 atom stereocenters. The molecule has 6 nitrogen and oxygen atoms in total. The zero-order valence-electron chi connectivity index (χ0n) is 14.9.